The number of anilines is 1. The van der Waals surface area contributed by atoms with E-state index in [1.807, 2.05) is 50.2 Å². The fourth-order valence-corrected chi connectivity index (χ4v) is 2.24. The molecule has 0 heterocycles. The zero-order valence-electron chi connectivity index (χ0n) is 13.7. The van der Waals surface area contributed by atoms with Gasteiger partial charge in [-0.2, -0.15) is 0 Å². The molecule has 0 spiro atoms. The molecule has 0 saturated carbocycles. The molecular weight excluding hydrogens is 292 g/mol. The molecule has 0 aliphatic heterocycles. The maximum absolute atomic E-state index is 12.1. The third-order valence-electron chi connectivity index (χ3n) is 3.25. The molecule has 2 aromatic rings. The molecule has 0 fully saturated rings. The first-order valence-electron chi connectivity index (χ1n) is 7.20. The summed E-state index contributed by atoms with van der Waals surface area (Å²) in [6.45, 7) is 4.03. The zero-order valence-corrected chi connectivity index (χ0v) is 13.7. The van der Waals surface area contributed by atoms with Crippen LogP contribution in [0, 0.1) is 13.8 Å². The van der Waals surface area contributed by atoms with E-state index < -0.39 is 0 Å². The van der Waals surface area contributed by atoms with Crippen LogP contribution in [-0.2, 0) is 9.63 Å². The van der Waals surface area contributed by atoms with Crippen molar-refractivity contribution in [2.45, 2.75) is 13.8 Å². The van der Waals surface area contributed by atoms with Crippen molar-refractivity contribution >= 4 is 17.8 Å². The summed E-state index contributed by atoms with van der Waals surface area (Å²) in [4.78, 5) is 18.1. The van der Waals surface area contributed by atoms with Crippen LogP contribution < -0.4 is 9.64 Å². The highest BCUT2D eigenvalue weighted by atomic mass is 16.6. The first-order chi connectivity index (χ1) is 11.0. The average molecular weight is 312 g/mol. The molecule has 0 aliphatic rings. The predicted molar refractivity (Wildman–Crippen MR) is 91.3 cm³/mol. The Morgan fingerprint density at radius 3 is 2.43 bits per heavy atom. The van der Waals surface area contributed by atoms with Gasteiger partial charge in [-0.05, 0) is 49.2 Å². The van der Waals surface area contributed by atoms with Gasteiger partial charge in [0.1, 0.15) is 19.1 Å². The van der Waals surface area contributed by atoms with Gasteiger partial charge in [-0.1, -0.05) is 23.4 Å². The maximum atomic E-state index is 12.1. The van der Waals surface area contributed by atoms with Gasteiger partial charge in [0.05, 0.1) is 5.69 Å². The van der Waals surface area contributed by atoms with Crippen LogP contribution in [0.4, 0.5) is 5.69 Å². The second-order valence-corrected chi connectivity index (χ2v) is 5.21. The number of hydrogen-bond acceptors (Lipinski definition) is 4. The van der Waals surface area contributed by atoms with E-state index in [1.165, 1.54) is 12.0 Å². The molecule has 0 saturated heterocycles. The van der Waals surface area contributed by atoms with Gasteiger partial charge < -0.3 is 14.5 Å². The number of carbonyl (C=O) groups excluding carboxylic acids is 1. The van der Waals surface area contributed by atoms with Crippen LogP contribution in [0.5, 0.6) is 11.5 Å². The van der Waals surface area contributed by atoms with E-state index >= 15 is 0 Å². The van der Waals surface area contributed by atoms with Crippen LogP contribution in [0.25, 0.3) is 0 Å². The van der Waals surface area contributed by atoms with Gasteiger partial charge in [0.15, 0.2) is 5.75 Å². The fraction of sp³-hybridized carbons (Fsp3) is 0.222. The van der Waals surface area contributed by atoms with Crippen LogP contribution in [0.1, 0.15) is 11.1 Å². The standard InChI is InChI=1S/C18H20N2O3/c1-13-9-14(2)11-15(10-13)23-17-8-6-5-7-16(17)20(3)18(21)12-19-22-4/h5-12H,1-4H3. The molecule has 120 valence electrons. The monoisotopic (exact) mass is 312 g/mol. The summed E-state index contributed by atoms with van der Waals surface area (Å²) in [5.74, 6) is 1.03. The topological polar surface area (TPSA) is 51.1 Å². The summed E-state index contributed by atoms with van der Waals surface area (Å²) in [6, 6.07) is 13.3. The lowest BCUT2D eigenvalue weighted by Crippen LogP contribution is -2.27. The quantitative estimate of drug-likeness (QED) is 0.625. The van der Waals surface area contributed by atoms with Gasteiger partial charge in [0, 0.05) is 7.05 Å². The number of ether oxygens (including phenoxy) is 1. The second kappa shape index (κ2) is 7.45. The van der Waals surface area contributed by atoms with Crippen molar-refractivity contribution in [1.82, 2.24) is 0 Å². The Hall–Kier alpha value is -2.82. The summed E-state index contributed by atoms with van der Waals surface area (Å²) in [5, 5.41) is 3.50. The van der Waals surface area contributed by atoms with Crippen molar-refractivity contribution < 1.29 is 14.4 Å². The van der Waals surface area contributed by atoms with Crippen molar-refractivity contribution in [2.75, 3.05) is 19.1 Å². The fourth-order valence-electron chi connectivity index (χ4n) is 2.24. The highest BCUT2D eigenvalue weighted by Crippen LogP contribution is 2.32. The number of rotatable bonds is 5. The zero-order chi connectivity index (χ0) is 16.8. The van der Waals surface area contributed by atoms with E-state index in [0.717, 1.165) is 23.1 Å². The van der Waals surface area contributed by atoms with E-state index in [4.69, 9.17) is 4.74 Å². The molecule has 0 aliphatic carbocycles. The maximum Gasteiger partial charge on any atom is 0.272 e. The molecule has 0 atom stereocenters. The van der Waals surface area contributed by atoms with Crippen LogP contribution >= 0.6 is 0 Å². The molecule has 0 N–H and O–H groups in total. The van der Waals surface area contributed by atoms with Crippen LogP contribution in [0.15, 0.2) is 47.6 Å². The minimum absolute atomic E-state index is 0.302. The number of nitrogens with zero attached hydrogens (tertiary/aromatic N) is 2. The molecule has 0 unspecified atom stereocenters. The van der Waals surface area contributed by atoms with Crippen molar-refractivity contribution in [1.29, 1.82) is 0 Å². The molecule has 2 aromatic carbocycles. The largest absolute Gasteiger partial charge is 0.455 e. The lowest BCUT2D eigenvalue weighted by molar-refractivity contribution is -0.112. The molecule has 0 radical (unpaired) electrons. The number of oxime groups is 1. The predicted octanol–water partition coefficient (Wildman–Crippen LogP) is 3.69. The Morgan fingerprint density at radius 2 is 1.78 bits per heavy atom. The Kier molecular flexibility index (Phi) is 5.36. The Balaban J connectivity index is 2.30. The number of hydrogen-bond donors (Lipinski definition) is 0. The van der Waals surface area contributed by atoms with Crippen molar-refractivity contribution in [3.05, 3.63) is 53.6 Å². The SMILES string of the molecule is CON=CC(=O)N(C)c1ccccc1Oc1cc(C)cc(C)c1. The Labute approximate surface area is 136 Å². The summed E-state index contributed by atoms with van der Waals surface area (Å²) in [5.41, 5.74) is 2.89. The Morgan fingerprint density at radius 1 is 1.13 bits per heavy atom. The molecule has 0 bridgehead atoms. The van der Waals surface area contributed by atoms with E-state index in [1.54, 1.807) is 7.05 Å². The van der Waals surface area contributed by atoms with Crippen LogP contribution in [-0.4, -0.2) is 26.3 Å². The number of para-hydroxylation sites is 2. The van der Waals surface area contributed by atoms with Crippen molar-refractivity contribution in [3.63, 3.8) is 0 Å². The first-order valence-corrected chi connectivity index (χ1v) is 7.20. The number of carbonyl (C=O) groups is 1. The summed E-state index contributed by atoms with van der Waals surface area (Å²) >= 11 is 0. The van der Waals surface area contributed by atoms with E-state index in [9.17, 15) is 4.79 Å². The summed E-state index contributed by atoms with van der Waals surface area (Å²) in [7, 11) is 3.05. The minimum atomic E-state index is -0.302. The number of amides is 1. The van der Waals surface area contributed by atoms with E-state index in [-0.39, 0.29) is 5.91 Å². The highest BCUT2D eigenvalue weighted by molar-refractivity contribution is 6.32. The lowest BCUT2D eigenvalue weighted by atomic mass is 10.1. The molecule has 5 heteroatoms. The molecular formula is C18H20N2O3. The van der Waals surface area contributed by atoms with Gasteiger partial charge in [-0.15, -0.1) is 0 Å². The second-order valence-electron chi connectivity index (χ2n) is 5.21. The van der Waals surface area contributed by atoms with Gasteiger partial charge >= 0.3 is 0 Å². The van der Waals surface area contributed by atoms with Gasteiger partial charge in [-0.3, -0.25) is 4.79 Å². The molecule has 2 rings (SSSR count). The van der Waals surface area contributed by atoms with Crippen LogP contribution in [0.3, 0.4) is 0 Å². The van der Waals surface area contributed by atoms with Crippen molar-refractivity contribution in [3.8, 4) is 11.5 Å². The smallest absolute Gasteiger partial charge is 0.272 e. The van der Waals surface area contributed by atoms with Crippen molar-refractivity contribution in [2.24, 2.45) is 5.16 Å². The normalized spacial score (nSPS) is 10.6. The summed E-state index contributed by atoms with van der Waals surface area (Å²) < 4.78 is 5.98. The van der Waals surface area contributed by atoms with Gasteiger partial charge in [-0.25, -0.2) is 0 Å². The lowest BCUT2D eigenvalue weighted by Gasteiger charge is -2.19. The molecule has 1 amide bonds. The van der Waals surface area contributed by atoms with Crippen LogP contribution in [0.2, 0.25) is 0 Å². The molecule has 5 nitrogen and oxygen atoms in total. The van der Waals surface area contributed by atoms with E-state index in [0.29, 0.717) is 11.4 Å². The average Bonchev–Trinajstić information content (AvgIpc) is 2.51. The number of benzene rings is 2. The Bertz CT molecular complexity index is 706. The third-order valence-corrected chi connectivity index (χ3v) is 3.25. The molecule has 0 aromatic heterocycles. The first kappa shape index (κ1) is 16.5. The molecule has 23 heavy (non-hydrogen) atoms. The van der Waals surface area contributed by atoms with E-state index in [2.05, 4.69) is 16.1 Å². The third kappa shape index (κ3) is 4.32. The van der Waals surface area contributed by atoms with Gasteiger partial charge in [0.25, 0.3) is 5.91 Å². The number of aryl methyl sites for hydroxylation is 2. The highest BCUT2D eigenvalue weighted by Gasteiger charge is 2.14. The summed E-state index contributed by atoms with van der Waals surface area (Å²) in [6.07, 6.45) is 1.12. The van der Waals surface area contributed by atoms with Gasteiger partial charge in [0.2, 0.25) is 0 Å². The minimum Gasteiger partial charge on any atom is -0.455 e.